The Bertz CT molecular complexity index is 355. The summed E-state index contributed by atoms with van der Waals surface area (Å²) in [6, 6.07) is 1.85. The van der Waals surface area contributed by atoms with Crippen LogP contribution in [0.1, 0.15) is 5.76 Å². The van der Waals surface area contributed by atoms with Crippen molar-refractivity contribution in [2.45, 2.75) is 6.92 Å². The predicted octanol–water partition coefficient (Wildman–Crippen LogP) is 2.24. The molecule has 2 rings (SSSR count). The summed E-state index contributed by atoms with van der Waals surface area (Å²) in [5.74, 6) is 1.33. The van der Waals surface area contributed by atoms with Crippen molar-refractivity contribution in [3.8, 4) is 11.5 Å². The molecule has 0 spiro atoms. The summed E-state index contributed by atoms with van der Waals surface area (Å²) < 4.78 is 10.8. The molecule has 4 nitrogen and oxygen atoms in total. The number of aryl methyl sites for hydroxylation is 1. The Hall–Kier alpha value is -0.850. The third kappa shape index (κ3) is 1.36. The van der Waals surface area contributed by atoms with Gasteiger partial charge in [-0.25, -0.2) is 0 Å². The van der Waals surface area contributed by atoms with Crippen molar-refractivity contribution in [2.24, 2.45) is 0 Å². The molecular weight excluding hydrogens is 271 g/mol. The molecular formula is C7H5IN2O2. The summed E-state index contributed by atoms with van der Waals surface area (Å²) in [5.41, 5.74) is 0.822. The van der Waals surface area contributed by atoms with Crippen LogP contribution >= 0.6 is 22.6 Å². The Kier molecular flexibility index (Phi) is 1.87. The first-order chi connectivity index (χ1) is 5.75. The maximum absolute atomic E-state index is 5.19. The number of hydrogen-bond acceptors (Lipinski definition) is 4. The predicted molar refractivity (Wildman–Crippen MR) is 49.5 cm³/mol. The maximum atomic E-state index is 5.19. The van der Waals surface area contributed by atoms with Crippen molar-refractivity contribution in [2.75, 3.05) is 0 Å². The lowest BCUT2D eigenvalue weighted by Gasteiger charge is -1.81. The highest BCUT2D eigenvalue weighted by atomic mass is 127. The van der Waals surface area contributed by atoms with Crippen LogP contribution in [0.2, 0.25) is 0 Å². The van der Waals surface area contributed by atoms with Crippen LogP contribution in [-0.2, 0) is 0 Å². The molecule has 0 aliphatic carbocycles. The first-order valence-corrected chi connectivity index (χ1v) is 4.38. The average molecular weight is 276 g/mol. The average Bonchev–Trinajstić information content (AvgIpc) is 2.58. The van der Waals surface area contributed by atoms with Crippen LogP contribution in [0.4, 0.5) is 0 Å². The van der Waals surface area contributed by atoms with Gasteiger partial charge in [-0.05, 0) is 13.0 Å². The van der Waals surface area contributed by atoms with E-state index in [0.717, 1.165) is 11.3 Å². The van der Waals surface area contributed by atoms with Gasteiger partial charge in [0.05, 0.1) is 5.56 Å². The zero-order chi connectivity index (χ0) is 8.55. The number of halogens is 1. The van der Waals surface area contributed by atoms with Gasteiger partial charge in [-0.1, -0.05) is 0 Å². The van der Waals surface area contributed by atoms with Gasteiger partial charge in [0.1, 0.15) is 12.0 Å². The molecule has 2 aromatic heterocycles. The van der Waals surface area contributed by atoms with E-state index in [4.69, 9.17) is 8.83 Å². The maximum Gasteiger partial charge on any atom is 0.278 e. The lowest BCUT2D eigenvalue weighted by molar-refractivity contribution is 0.524. The van der Waals surface area contributed by atoms with Crippen molar-refractivity contribution in [1.29, 1.82) is 0 Å². The summed E-state index contributed by atoms with van der Waals surface area (Å²) in [6.45, 7) is 1.87. The van der Waals surface area contributed by atoms with E-state index in [1.807, 2.05) is 35.6 Å². The van der Waals surface area contributed by atoms with E-state index in [-0.39, 0.29) is 0 Å². The van der Waals surface area contributed by atoms with Gasteiger partial charge < -0.3 is 8.83 Å². The molecule has 0 radical (unpaired) electrons. The van der Waals surface area contributed by atoms with Crippen LogP contribution in [0.3, 0.4) is 0 Å². The molecule has 0 amide bonds. The van der Waals surface area contributed by atoms with E-state index in [9.17, 15) is 0 Å². The van der Waals surface area contributed by atoms with Gasteiger partial charge in [0.25, 0.3) is 9.79 Å². The third-order valence-electron chi connectivity index (χ3n) is 1.38. The van der Waals surface area contributed by atoms with Crippen LogP contribution < -0.4 is 0 Å². The molecule has 0 fully saturated rings. The van der Waals surface area contributed by atoms with Gasteiger partial charge >= 0.3 is 0 Å². The Labute approximate surface area is 82.1 Å². The van der Waals surface area contributed by atoms with Gasteiger partial charge in [0, 0.05) is 22.6 Å². The van der Waals surface area contributed by atoms with E-state index >= 15 is 0 Å². The van der Waals surface area contributed by atoms with Crippen LogP contribution in [-0.4, -0.2) is 10.2 Å². The number of hydrogen-bond donors (Lipinski definition) is 0. The largest absolute Gasteiger partial charge is 0.469 e. The summed E-state index contributed by atoms with van der Waals surface area (Å²) in [7, 11) is 0. The van der Waals surface area contributed by atoms with Crippen LogP contribution in [0.25, 0.3) is 11.5 Å². The minimum atomic E-state index is 0.497. The van der Waals surface area contributed by atoms with E-state index < -0.39 is 0 Å². The number of rotatable bonds is 1. The van der Waals surface area contributed by atoms with E-state index in [0.29, 0.717) is 9.79 Å². The topological polar surface area (TPSA) is 52.1 Å². The summed E-state index contributed by atoms with van der Waals surface area (Å²) in [5, 5.41) is 7.55. The molecule has 0 aromatic carbocycles. The molecule has 0 unspecified atom stereocenters. The molecule has 5 heteroatoms. The van der Waals surface area contributed by atoms with Gasteiger partial charge in [0.2, 0.25) is 0 Å². The van der Waals surface area contributed by atoms with Crippen molar-refractivity contribution in [3.63, 3.8) is 0 Å². The zero-order valence-corrected chi connectivity index (χ0v) is 8.40. The van der Waals surface area contributed by atoms with Crippen LogP contribution in [0, 0.1) is 10.8 Å². The highest BCUT2D eigenvalue weighted by Gasteiger charge is 2.08. The monoisotopic (exact) mass is 276 g/mol. The van der Waals surface area contributed by atoms with Crippen molar-refractivity contribution in [3.05, 3.63) is 22.0 Å². The van der Waals surface area contributed by atoms with Crippen LogP contribution in [0.5, 0.6) is 0 Å². The van der Waals surface area contributed by atoms with Gasteiger partial charge in [-0.15, -0.1) is 10.2 Å². The summed E-state index contributed by atoms with van der Waals surface area (Å²) in [6.07, 6.45) is 1.60. The molecule has 0 aliphatic heterocycles. The molecule has 0 saturated carbocycles. The smallest absolute Gasteiger partial charge is 0.278 e. The number of nitrogens with zero attached hydrogens (tertiary/aromatic N) is 2. The minimum Gasteiger partial charge on any atom is -0.469 e. The van der Waals surface area contributed by atoms with Crippen molar-refractivity contribution >= 4 is 22.6 Å². The summed E-state index contributed by atoms with van der Waals surface area (Å²) >= 11 is 1.96. The van der Waals surface area contributed by atoms with E-state index in [1.165, 1.54) is 0 Å². The molecule has 62 valence electrons. The Morgan fingerprint density at radius 2 is 2.25 bits per heavy atom. The van der Waals surface area contributed by atoms with Gasteiger partial charge in [0.15, 0.2) is 0 Å². The highest BCUT2D eigenvalue weighted by Crippen LogP contribution is 2.20. The standard InChI is InChI=1S/C7H5IN2O2/c1-4-2-5(3-11-4)6-9-10-7(8)12-6/h2-3H,1H3. The van der Waals surface area contributed by atoms with Crippen LogP contribution in [0.15, 0.2) is 21.2 Å². The fourth-order valence-electron chi connectivity index (χ4n) is 0.878. The normalized spacial score (nSPS) is 10.5. The lowest BCUT2D eigenvalue weighted by Crippen LogP contribution is -1.71. The third-order valence-corrected chi connectivity index (χ3v) is 1.81. The molecule has 0 N–H and O–H groups in total. The minimum absolute atomic E-state index is 0.497. The summed E-state index contributed by atoms with van der Waals surface area (Å²) in [4.78, 5) is 0. The van der Waals surface area contributed by atoms with Gasteiger partial charge in [-0.2, -0.15) is 0 Å². The van der Waals surface area contributed by atoms with E-state index in [2.05, 4.69) is 10.2 Å². The second-order valence-electron chi connectivity index (χ2n) is 2.31. The SMILES string of the molecule is Cc1cc(-c2nnc(I)o2)co1. The quantitative estimate of drug-likeness (QED) is 0.749. The molecule has 0 saturated heterocycles. The molecule has 0 atom stereocenters. The Morgan fingerprint density at radius 1 is 1.42 bits per heavy atom. The second kappa shape index (κ2) is 2.89. The lowest BCUT2D eigenvalue weighted by atomic mass is 10.3. The Morgan fingerprint density at radius 3 is 2.75 bits per heavy atom. The van der Waals surface area contributed by atoms with E-state index in [1.54, 1.807) is 6.26 Å². The van der Waals surface area contributed by atoms with Crippen molar-refractivity contribution < 1.29 is 8.83 Å². The molecule has 12 heavy (non-hydrogen) atoms. The molecule has 2 aromatic rings. The zero-order valence-electron chi connectivity index (χ0n) is 6.24. The first-order valence-electron chi connectivity index (χ1n) is 3.30. The number of aromatic nitrogens is 2. The first kappa shape index (κ1) is 7.78. The molecule has 0 aliphatic rings. The highest BCUT2D eigenvalue weighted by molar-refractivity contribution is 14.1. The fraction of sp³-hybridized carbons (Fsp3) is 0.143. The second-order valence-corrected chi connectivity index (χ2v) is 3.23. The number of furan rings is 1. The Balaban J connectivity index is 2.43. The van der Waals surface area contributed by atoms with Gasteiger partial charge in [-0.3, -0.25) is 0 Å². The molecule has 0 bridgehead atoms. The fourth-order valence-corrected chi connectivity index (χ4v) is 1.19. The van der Waals surface area contributed by atoms with Crippen molar-refractivity contribution in [1.82, 2.24) is 10.2 Å². The molecule has 2 heterocycles.